The standard InChI is InChI=1S/C19H32N4O4S/c1-26-19-6-3-5-17(20-19)15-22-10-7-18(16-22)23(28(2,24)25)9-4-8-21-11-13-27-14-12-21/h3,5-6,18H,4,7-16H2,1-2H3. The SMILES string of the molecule is COc1cccc(CN2CCC(N(CCCN3CCOCC3)S(C)(=O)=O)C2)n1. The van der Waals surface area contributed by atoms with E-state index in [2.05, 4.69) is 14.8 Å². The number of hydrogen-bond donors (Lipinski definition) is 0. The van der Waals surface area contributed by atoms with Gasteiger partial charge in [-0.15, -0.1) is 0 Å². The maximum Gasteiger partial charge on any atom is 0.213 e. The lowest BCUT2D eigenvalue weighted by molar-refractivity contribution is 0.0366. The predicted octanol–water partition coefficient (Wildman–Crippen LogP) is 0.648. The zero-order valence-electron chi connectivity index (χ0n) is 16.9. The Bertz CT molecular complexity index is 724. The van der Waals surface area contributed by atoms with E-state index in [1.807, 2.05) is 18.2 Å². The average molecular weight is 413 g/mol. The van der Waals surface area contributed by atoms with E-state index >= 15 is 0 Å². The molecule has 1 unspecified atom stereocenters. The molecule has 3 rings (SSSR count). The van der Waals surface area contributed by atoms with Gasteiger partial charge >= 0.3 is 0 Å². The van der Waals surface area contributed by atoms with Gasteiger partial charge in [0.2, 0.25) is 15.9 Å². The quantitative estimate of drug-likeness (QED) is 0.589. The number of morpholine rings is 1. The van der Waals surface area contributed by atoms with Crippen molar-refractivity contribution in [1.29, 1.82) is 0 Å². The van der Waals surface area contributed by atoms with Crippen molar-refractivity contribution in [3.8, 4) is 5.88 Å². The summed E-state index contributed by atoms with van der Waals surface area (Å²) < 4.78 is 37.0. The van der Waals surface area contributed by atoms with Crippen molar-refractivity contribution in [2.75, 3.05) is 65.8 Å². The van der Waals surface area contributed by atoms with Gasteiger partial charge in [-0.1, -0.05) is 6.07 Å². The molecule has 28 heavy (non-hydrogen) atoms. The summed E-state index contributed by atoms with van der Waals surface area (Å²) in [5.41, 5.74) is 0.943. The summed E-state index contributed by atoms with van der Waals surface area (Å²) >= 11 is 0. The molecule has 2 saturated heterocycles. The number of rotatable bonds is 9. The van der Waals surface area contributed by atoms with Crippen LogP contribution < -0.4 is 4.74 Å². The molecule has 0 amide bonds. The first kappa shape index (κ1) is 21.4. The predicted molar refractivity (Wildman–Crippen MR) is 108 cm³/mol. The molecule has 0 aromatic carbocycles. The van der Waals surface area contributed by atoms with Crippen LogP contribution in [0.25, 0.3) is 0 Å². The highest BCUT2D eigenvalue weighted by Gasteiger charge is 2.32. The average Bonchev–Trinajstić information content (AvgIpc) is 3.13. The Kier molecular flexibility index (Phi) is 7.64. The van der Waals surface area contributed by atoms with Gasteiger partial charge in [-0.2, -0.15) is 4.31 Å². The van der Waals surface area contributed by atoms with Crippen molar-refractivity contribution >= 4 is 10.0 Å². The highest BCUT2D eigenvalue weighted by molar-refractivity contribution is 7.88. The van der Waals surface area contributed by atoms with E-state index in [9.17, 15) is 8.42 Å². The van der Waals surface area contributed by atoms with Gasteiger partial charge in [0.05, 0.1) is 32.3 Å². The number of pyridine rings is 1. The highest BCUT2D eigenvalue weighted by atomic mass is 32.2. The minimum Gasteiger partial charge on any atom is -0.481 e. The molecule has 8 nitrogen and oxygen atoms in total. The third-order valence-corrected chi connectivity index (χ3v) is 6.75. The molecule has 0 radical (unpaired) electrons. The van der Waals surface area contributed by atoms with Crippen LogP contribution in [-0.2, 0) is 21.3 Å². The summed E-state index contributed by atoms with van der Waals surface area (Å²) in [4.78, 5) is 9.08. The lowest BCUT2D eigenvalue weighted by Crippen LogP contribution is -2.43. The van der Waals surface area contributed by atoms with Crippen molar-refractivity contribution in [1.82, 2.24) is 19.1 Å². The maximum atomic E-state index is 12.4. The van der Waals surface area contributed by atoms with Gasteiger partial charge in [0, 0.05) is 51.4 Å². The molecule has 1 atom stereocenters. The van der Waals surface area contributed by atoms with Crippen LogP contribution in [0.5, 0.6) is 5.88 Å². The molecule has 3 heterocycles. The van der Waals surface area contributed by atoms with Gasteiger partial charge in [0.1, 0.15) is 0 Å². The van der Waals surface area contributed by atoms with E-state index in [4.69, 9.17) is 9.47 Å². The Morgan fingerprint density at radius 3 is 2.75 bits per heavy atom. The molecule has 0 aliphatic carbocycles. The summed E-state index contributed by atoms with van der Waals surface area (Å²) in [7, 11) is -1.62. The largest absolute Gasteiger partial charge is 0.481 e. The van der Waals surface area contributed by atoms with Gasteiger partial charge in [0.25, 0.3) is 0 Å². The van der Waals surface area contributed by atoms with Gasteiger partial charge in [-0.25, -0.2) is 13.4 Å². The zero-order valence-corrected chi connectivity index (χ0v) is 17.7. The first-order valence-electron chi connectivity index (χ1n) is 9.95. The third-order valence-electron chi connectivity index (χ3n) is 5.41. The molecular weight excluding hydrogens is 380 g/mol. The maximum absolute atomic E-state index is 12.4. The number of sulfonamides is 1. The number of aromatic nitrogens is 1. The number of ether oxygens (including phenoxy) is 2. The Labute approximate surface area is 168 Å². The molecular formula is C19H32N4O4S. The van der Waals surface area contributed by atoms with Gasteiger partial charge in [0.15, 0.2) is 0 Å². The van der Waals surface area contributed by atoms with E-state index in [0.717, 1.165) is 64.5 Å². The summed E-state index contributed by atoms with van der Waals surface area (Å²) in [6.07, 6.45) is 3.03. The fourth-order valence-electron chi connectivity index (χ4n) is 3.97. The van der Waals surface area contributed by atoms with Gasteiger partial charge in [-0.3, -0.25) is 9.80 Å². The molecule has 0 saturated carbocycles. The van der Waals surface area contributed by atoms with Crippen LogP contribution in [0.2, 0.25) is 0 Å². The molecule has 158 valence electrons. The van der Waals surface area contributed by atoms with Crippen molar-refractivity contribution in [2.24, 2.45) is 0 Å². The van der Waals surface area contributed by atoms with Crippen molar-refractivity contribution in [2.45, 2.75) is 25.4 Å². The van der Waals surface area contributed by atoms with Crippen LogP contribution in [0.1, 0.15) is 18.5 Å². The zero-order chi connectivity index (χ0) is 20.0. The first-order valence-corrected chi connectivity index (χ1v) is 11.8. The minimum atomic E-state index is -3.23. The number of methoxy groups -OCH3 is 1. The second-order valence-corrected chi connectivity index (χ2v) is 9.47. The number of hydrogen-bond acceptors (Lipinski definition) is 7. The third kappa shape index (κ3) is 6.12. The van der Waals surface area contributed by atoms with E-state index in [-0.39, 0.29) is 6.04 Å². The Morgan fingerprint density at radius 2 is 2.04 bits per heavy atom. The fourth-order valence-corrected chi connectivity index (χ4v) is 5.15. The Balaban J connectivity index is 1.53. The molecule has 2 aliphatic heterocycles. The van der Waals surface area contributed by atoms with Crippen LogP contribution in [0.15, 0.2) is 18.2 Å². The first-order chi connectivity index (χ1) is 13.5. The second-order valence-electron chi connectivity index (χ2n) is 7.53. The molecule has 2 aliphatic rings. The topological polar surface area (TPSA) is 75.2 Å². The molecule has 1 aromatic rings. The van der Waals surface area contributed by atoms with E-state index in [1.165, 1.54) is 6.26 Å². The van der Waals surface area contributed by atoms with E-state index < -0.39 is 10.0 Å². The fraction of sp³-hybridized carbons (Fsp3) is 0.737. The molecule has 1 aromatic heterocycles. The number of likely N-dealkylation sites (tertiary alicyclic amines) is 1. The van der Waals surface area contributed by atoms with Crippen LogP contribution in [0.3, 0.4) is 0 Å². The van der Waals surface area contributed by atoms with Crippen molar-refractivity contribution in [3.05, 3.63) is 23.9 Å². The van der Waals surface area contributed by atoms with Gasteiger partial charge in [-0.05, 0) is 25.5 Å². The molecule has 0 spiro atoms. The van der Waals surface area contributed by atoms with Crippen LogP contribution >= 0.6 is 0 Å². The molecule has 0 bridgehead atoms. The van der Waals surface area contributed by atoms with Crippen LogP contribution in [0.4, 0.5) is 0 Å². The molecule has 9 heteroatoms. The van der Waals surface area contributed by atoms with E-state index in [1.54, 1.807) is 11.4 Å². The monoisotopic (exact) mass is 412 g/mol. The van der Waals surface area contributed by atoms with E-state index in [0.29, 0.717) is 19.0 Å². The van der Waals surface area contributed by atoms with Gasteiger partial charge < -0.3 is 9.47 Å². The summed E-state index contributed by atoms with van der Waals surface area (Å²) in [6, 6.07) is 5.77. The number of nitrogens with zero attached hydrogens (tertiary/aromatic N) is 4. The molecule has 2 fully saturated rings. The minimum absolute atomic E-state index is 0.0327. The highest BCUT2D eigenvalue weighted by Crippen LogP contribution is 2.21. The van der Waals surface area contributed by atoms with Crippen LogP contribution in [0, 0.1) is 0 Å². The molecule has 0 N–H and O–H groups in total. The lowest BCUT2D eigenvalue weighted by atomic mass is 10.2. The Hall–Kier alpha value is -1.26. The Morgan fingerprint density at radius 1 is 1.25 bits per heavy atom. The smallest absolute Gasteiger partial charge is 0.213 e. The normalized spacial score (nSPS) is 22.0. The van der Waals surface area contributed by atoms with Crippen molar-refractivity contribution in [3.63, 3.8) is 0 Å². The summed E-state index contributed by atoms with van der Waals surface area (Å²) in [5.74, 6) is 0.606. The van der Waals surface area contributed by atoms with Crippen LogP contribution in [-0.4, -0.2) is 99.4 Å². The summed E-state index contributed by atoms with van der Waals surface area (Å²) in [5, 5.41) is 0. The second kappa shape index (κ2) is 9.98. The lowest BCUT2D eigenvalue weighted by Gasteiger charge is -2.30. The summed E-state index contributed by atoms with van der Waals surface area (Å²) in [6.45, 7) is 7.22. The van der Waals surface area contributed by atoms with Crippen molar-refractivity contribution < 1.29 is 17.9 Å².